The molecular weight excluding hydrogens is 747 g/mol. The van der Waals surface area contributed by atoms with Crippen molar-refractivity contribution in [2.75, 3.05) is 31.1 Å². The molecule has 8 rings (SSSR count). The summed E-state index contributed by atoms with van der Waals surface area (Å²) in [7, 11) is 1.91. The van der Waals surface area contributed by atoms with E-state index in [1.807, 2.05) is 69.8 Å². The zero-order valence-corrected chi connectivity index (χ0v) is 34.2. The van der Waals surface area contributed by atoms with Crippen molar-refractivity contribution in [1.29, 1.82) is 0 Å². The first-order valence-corrected chi connectivity index (χ1v) is 20.0. The van der Waals surface area contributed by atoms with Gasteiger partial charge in [-0.1, -0.05) is 29.3 Å². The van der Waals surface area contributed by atoms with Crippen LogP contribution in [-0.4, -0.2) is 67.2 Å². The number of rotatable bonds is 10. The van der Waals surface area contributed by atoms with Crippen molar-refractivity contribution in [3.63, 3.8) is 0 Å². The number of carboxylic acid groups (broad SMARTS) is 1. The minimum atomic E-state index is -1.02. The molecule has 0 radical (unpaired) electrons. The Morgan fingerprint density at radius 3 is 2.32 bits per heavy atom. The Bertz CT molecular complexity index is 2520. The van der Waals surface area contributed by atoms with Crippen LogP contribution in [0.4, 0.5) is 5.69 Å². The molecule has 1 saturated heterocycles. The summed E-state index contributed by atoms with van der Waals surface area (Å²) in [5, 5.41) is 12.8. The van der Waals surface area contributed by atoms with Crippen molar-refractivity contribution in [2.24, 2.45) is 7.05 Å². The number of carboxylic acids is 1. The molecule has 290 valence electrons. The van der Waals surface area contributed by atoms with Crippen LogP contribution in [0.25, 0.3) is 32.9 Å². The number of anilines is 1. The molecule has 0 saturated carbocycles. The fraction of sp³-hybridized carbons (Fsp3) is 0.364. The molecule has 2 aliphatic rings. The van der Waals surface area contributed by atoms with Crippen molar-refractivity contribution in [1.82, 2.24) is 24.0 Å². The number of ether oxygens (including phenoxy) is 1. The average Bonchev–Trinajstić information content (AvgIpc) is 3.87. The number of aryl methyl sites for hydroxylation is 6. The number of aromatic nitrogens is 4. The Labute approximate surface area is 336 Å². The highest BCUT2D eigenvalue weighted by Crippen LogP contribution is 2.45. The number of likely N-dealkylation sites (tertiary alicyclic amines) is 1. The van der Waals surface area contributed by atoms with Crippen LogP contribution in [0.15, 0.2) is 48.7 Å². The monoisotopic (exact) mass is 792 g/mol. The third-order valence-corrected chi connectivity index (χ3v) is 12.4. The van der Waals surface area contributed by atoms with Crippen molar-refractivity contribution in [3.8, 4) is 16.9 Å². The summed E-state index contributed by atoms with van der Waals surface area (Å²) in [6.45, 7) is 13.7. The number of nitrogens with zero attached hydrogens (tertiary/aromatic N) is 6. The number of hydrogen-bond donors (Lipinski definition) is 1. The molecule has 2 aliphatic heterocycles. The third-order valence-electron chi connectivity index (χ3n) is 11.4. The number of benzene rings is 3. The largest absolute Gasteiger partial charge is 0.494 e. The first-order chi connectivity index (χ1) is 26.8. The lowest BCUT2D eigenvalue weighted by molar-refractivity contribution is 0.0696. The van der Waals surface area contributed by atoms with E-state index < -0.39 is 5.97 Å². The Balaban J connectivity index is 1.26. The van der Waals surface area contributed by atoms with E-state index in [2.05, 4.69) is 16.4 Å². The summed E-state index contributed by atoms with van der Waals surface area (Å²) >= 11 is 13.6. The van der Waals surface area contributed by atoms with E-state index in [9.17, 15) is 9.90 Å². The second-order valence-corrected chi connectivity index (χ2v) is 16.2. The molecule has 1 atom stereocenters. The molecule has 1 fully saturated rings. The van der Waals surface area contributed by atoms with E-state index in [1.54, 1.807) is 23.1 Å². The Kier molecular flexibility index (Phi) is 10.1. The molecule has 1 amide bonds. The summed E-state index contributed by atoms with van der Waals surface area (Å²) in [6, 6.07) is 12.7. The minimum Gasteiger partial charge on any atom is -0.494 e. The van der Waals surface area contributed by atoms with Gasteiger partial charge >= 0.3 is 5.97 Å². The zero-order valence-electron chi connectivity index (χ0n) is 32.7. The lowest BCUT2D eigenvalue weighted by Gasteiger charge is -2.34. The maximum Gasteiger partial charge on any atom is 0.335 e. The van der Waals surface area contributed by atoms with Gasteiger partial charge in [0.1, 0.15) is 17.3 Å². The van der Waals surface area contributed by atoms with Crippen LogP contribution in [0.3, 0.4) is 0 Å². The van der Waals surface area contributed by atoms with Crippen LogP contribution in [0.1, 0.15) is 87.0 Å². The van der Waals surface area contributed by atoms with Gasteiger partial charge in [0.05, 0.1) is 34.9 Å². The molecular formula is C44H46Cl2N6O4. The maximum atomic E-state index is 15.1. The molecule has 56 heavy (non-hydrogen) atoms. The number of hydrogen-bond acceptors (Lipinski definition) is 6. The second kappa shape index (κ2) is 14.9. The molecule has 1 N–H and O–H groups in total. The third kappa shape index (κ3) is 6.61. The highest BCUT2D eigenvalue weighted by atomic mass is 35.5. The van der Waals surface area contributed by atoms with Crippen LogP contribution in [0, 0.1) is 27.7 Å². The van der Waals surface area contributed by atoms with E-state index in [-0.39, 0.29) is 17.5 Å². The molecule has 0 spiro atoms. The van der Waals surface area contributed by atoms with E-state index in [1.165, 1.54) is 12.8 Å². The quantitative estimate of drug-likeness (QED) is 0.138. The summed E-state index contributed by atoms with van der Waals surface area (Å²) in [5.74, 6) is 0.393. The minimum absolute atomic E-state index is 0.153. The Morgan fingerprint density at radius 1 is 0.946 bits per heavy atom. The van der Waals surface area contributed by atoms with E-state index in [0.29, 0.717) is 54.3 Å². The number of carbonyl (C=O) groups is 2. The Morgan fingerprint density at radius 2 is 1.64 bits per heavy atom. The molecule has 5 heterocycles. The number of carbonyl (C=O) groups excluding carboxylic acids is 1. The van der Waals surface area contributed by atoms with Crippen LogP contribution >= 0.6 is 23.2 Å². The topological polar surface area (TPSA) is 106 Å². The van der Waals surface area contributed by atoms with E-state index in [4.69, 9.17) is 37.9 Å². The van der Waals surface area contributed by atoms with Gasteiger partial charge in [-0.25, -0.2) is 14.8 Å². The summed E-state index contributed by atoms with van der Waals surface area (Å²) in [5.41, 5.74) is 9.41. The van der Waals surface area contributed by atoms with Crippen molar-refractivity contribution in [3.05, 3.63) is 104 Å². The van der Waals surface area contributed by atoms with Crippen molar-refractivity contribution < 1.29 is 19.4 Å². The normalized spacial score (nSPS) is 16.0. The van der Waals surface area contributed by atoms with Crippen LogP contribution < -0.4 is 9.64 Å². The van der Waals surface area contributed by atoms with Crippen molar-refractivity contribution in [2.45, 2.75) is 72.9 Å². The fourth-order valence-corrected chi connectivity index (χ4v) is 9.24. The first kappa shape index (κ1) is 38.0. The number of halogens is 2. The Hall–Kier alpha value is -4.90. The molecule has 6 aromatic rings. The van der Waals surface area contributed by atoms with Gasteiger partial charge in [-0.15, -0.1) is 0 Å². The smallest absolute Gasteiger partial charge is 0.335 e. The molecule has 3 aromatic carbocycles. The lowest BCUT2D eigenvalue weighted by Crippen LogP contribution is -2.42. The van der Waals surface area contributed by atoms with Crippen LogP contribution in [-0.2, 0) is 20.0 Å². The number of aromatic carboxylic acids is 1. The SMILES string of the molecule is Cc1cc(OCCCc2c3n(c4c(-c5c(C)nc(CN6CCCC6)nc5C)c(Cl)ccc24)[C@H](C)CN(c2cn(C)c4ccc(C(=O)O)cc24)C3=O)cc(C)c1Cl. The van der Waals surface area contributed by atoms with Gasteiger partial charge < -0.3 is 23.9 Å². The molecule has 3 aromatic heterocycles. The van der Waals surface area contributed by atoms with Gasteiger partial charge in [0.25, 0.3) is 5.91 Å². The van der Waals surface area contributed by atoms with Crippen molar-refractivity contribution >= 4 is 62.6 Å². The summed E-state index contributed by atoms with van der Waals surface area (Å²) in [6.07, 6.45) is 5.52. The predicted molar refractivity (Wildman–Crippen MR) is 223 cm³/mol. The summed E-state index contributed by atoms with van der Waals surface area (Å²) < 4.78 is 10.4. The van der Waals surface area contributed by atoms with Gasteiger partial charge in [-0.3, -0.25) is 9.69 Å². The molecule has 0 bridgehead atoms. The van der Waals surface area contributed by atoms with Gasteiger partial charge in [-0.2, -0.15) is 0 Å². The van der Waals surface area contributed by atoms with Gasteiger partial charge in [0, 0.05) is 69.7 Å². The first-order valence-electron chi connectivity index (χ1n) is 19.3. The maximum absolute atomic E-state index is 15.1. The predicted octanol–water partition coefficient (Wildman–Crippen LogP) is 9.66. The molecule has 0 unspecified atom stereocenters. The highest BCUT2D eigenvalue weighted by molar-refractivity contribution is 6.35. The van der Waals surface area contributed by atoms with Crippen LogP contribution in [0.2, 0.25) is 10.0 Å². The zero-order chi connectivity index (χ0) is 39.6. The molecule has 12 heteroatoms. The molecule has 10 nitrogen and oxygen atoms in total. The van der Waals surface area contributed by atoms with Gasteiger partial charge in [-0.05, 0) is 126 Å². The van der Waals surface area contributed by atoms with Crippen LogP contribution in [0.5, 0.6) is 5.75 Å². The standard InChI is InChI=1S/C44H46Cl2N6O4/c1-24-18-30(19-25(2)40(24)46)56-17-9-10-31-32-12-13-34(45)39(38-27(4)47-37(48-28(38)5)23-50-15-7-8-16-50)41(32)52-26(3)21-51(43(53)42(31)52)36-22-49(6)35-14-11-29(44(54)55)20-33(35)36/h11-14,18-20,22,26H,7-10,15-17,21,23H2,1-6H3,(H,54,55)/t26-/m1/s1. The fourth-order valence-electron chi connectivity index (χ4n) is 8.88. The lowest BCUT2D eigenvalue weighted by atomic mass is 9.97. The highest BCUT2D eigenvalue weighted by Gasteiger charge is 2.37. The van der Waals surface area contributed by atoms with Gasteiger partial charge in [0.15, 0.2) is 0 Å². The van der Waals surface area contributed by atoms with E-state index in [0.717, 1.165) is 85.3 Å². The number of fused-ring (bicyclic) bond motifs is 4. The summed E-state index contributed by atoms with van der Waals surface area (Å²) in [4.78, 5) is 41.4. The van der Waals surface area contributed by atoms with Gasteiger partial charge in [0.2, 0.25) is 0 Å². The molecule has 0 aliphatic carbocycles. The average molecular weight is 794 g/mol. The number of amides is 1. The van der Waals surface area contributed by atoms with E-state index >= 15 is 4.79 Å². The second-order valence-electron chi connectivity index (χ2n) is 15.4.